The van der Waals surface area contributed by atoms with Crippen molar-refractivity contribution in [1.29, 1.82) is 0 Å². The number of rotatable bonds is 2. The van der Waals surface area contributed by atoms with E-state index in [1.165, 1.54) is 0 Å². The zero-order chi connectivity index (χ0) is 10.8. The molecule has 0 heterocycles. The van der Waals surface area contributed by atoms with Crippen molar-refractivity contribution in [2.45, 2.75) is 46.0 Å². The molecular formula is C13H19F. The molecule has 0 amide bonds. The van der Waals surface area contributed by atoms with Crippen molar-refractivity contribution in [3.05, 3.63) is 35.1 Å². The molecule has 0 N–H and O–H groups in total. The van der Waals surface area contributed by atoms with Gasteiger partial charge in [-0.05, 0) is 35.1 Å². The van der Waals surface area contributed by atoms with Crippen LogP contribution in [0.5, 0.6) is 0 Å². The Labute approximate surface area is 86.2 Å². The molecule has 1 rings (SSSR count). The van der Waals surface area contributed by atoms with Crippen LogP contribution < -0.4 is 0 Å². The van der Waals surface area contributed by atoms with Gasteiger partial charge < -0.3 is 0 Å². The second-order valence-corrected chi connectivity index (χ2v) is 4.85. The van der Waals surface area contributed by atoms with E-state index in [0.717, 1.165) is 24.0 Å². The predicted molar refractivity (Wildman–Crippen MR) is 59.1 cm³/mol. The molecule has 0 aliphatic rings. The first-order valence-electron chi connectivity index (χ1n) is 5.23. The van der Waals surface area contributed by atoms with Gasteiger partial charge in [-0.1, -0.05) is 40.2 Å². The Morgan fingerprint density at radius 3 is 2.29 bits per heavy atom. The molecule has 0 aliphatic carbocycles. The summed E-state index contributed by atoms with van der Waals surface area (Å²) >= 11 is 0. The Morgan fingerprint density at radius 2 is 1.79 bits per heavy atom. The fourth-order valence-electron chi connectivity index (χ4n) is 1.52. The molecular weight excluding hydrogens is 175 g/mol. The predicted octanol–water partition coefficient (Wildman–Crippen LogP) is 4.08. The maximum Gasteiger partial charge on any atom is 0.123 e. The third-order valence-electron chi connectivity index (χ3n) is 2.36. The van der Waals surface area contributed by atoms with Gasteiger partial charge in [0.2, 0.25) is 0 Å². The summed E-state index contributed by atoms with van der Waals surface area (Å²) in [6.07, 6.45) is 2.02. The van der Waals surface area contributed by atoms with Crippen LogP contribution in [0.2, 0.25) is 0 Å². The zero-order valence-electron chi connectivity index (χ0n) is 9.52. The first-order chi connectivity index (χ1) is 6.43. The van der Waals surface area contributed by atoms with Crippen molar-refractivity contribution in [3.63, 3.8) is 0 Å². The fourth-order valence-corrected chi connectivity index (χ4v) is 1.52. The second-order valence-electron chi connectivity index (χ2n) is 4.85. The molecule has 0 saturated heterocycles. The molecule has 0 spiro atoms. The van der Waals surface area contributed by atoms with Crippen molar-refractivity contribution >= 4 is 0 Å². The molecule has 78 valence electrons. The highest BCUT2D eigenvalue weighted by Crippen LogP contribution is 2.24. The van der Waals surface area contributed by atoms with Crippen LogP contribution in [0.15, 0.2) is 18.2 Å². The SMILES string of the molecule is CCCc1cc(F)cc(C(C)(C)C)c1. The molecule has 1 aromatic carbocycles. The van der Waals surface area contributed by atoms with Crippen LogP contribution in [-0.2, 0) is 11.8 Å². The number of benzene rings is 1. The molecule has 14 heavy (non-hydrogen) atoms. The number of hydrogen-bond donors (Lipinski definition) is 0. The van der Waals surface area contributed by atoms with Gasteiger partial charge in [0.15, 0.2) is 0 Å². The highest BCUT2D eigenvalue weighted by molar-refractivity contribution is 5.29. The van der Waals surface area contributed by atoms with Crippen LogP contribution in [0.25, 0.3) is 0 Å². The maximum atomic E-state index is 13.3. The summed E-state index contributed by atoms with van der Waals surface area (Å²) in [6.45, 7) is 8.44. The lowest BCUT2D eigenvalue weighted by Gasteiger charge is -2.20. The first-order valence-corrected chi connectivity index (χ1v) is 5.23. The summed E-state index contributed by atoms with van der Waals surface area (Å²) in [5.74, 6) is -0.110. The maximum absolute atomic E-state index is 13.3. The lowest BCUT2D eigenvalue weighted by molar-refractivity contribution is 0.569. The van der Waals surface area contributed by atoms with Crippen molar-refractivity contribution in [2.75, 3.05) is 0 Å². The molecule has 0 aliphatic heterocycles. The highest BCUT2D eigenvalue weighted by atomic mass is 19.1. The van der Waals surface area contributed by atoms with Crippen LogP contribution in [0.3, 0.4) is 0 Å². The summed E-state index contributed by atoms with van der Waals surface area (Å²) in [5, 5.41) is 0. The van der Waals surface area contributed by atoms with Crippen molar-refractivity contribution in [1.82, 2.24) is 0 Å². The van der Waals surface area contributed by atoms with Gasteiger partial charge in [0, 0.05) is 0 Å². The molecule has 0 aromatic heterocycles. The van der Waals surface area contributed by atoms with Crippen molar-refractivity contribution in [3.8, 4) is 0 Å². The van der Waals surface area contributed by atoms with Crippen LogP contribution >= 0.6 is 0 Å². The van der Waals surface area contributed by atoms with E-state index in [2.05, 4.69) is 33.8 Å². The van der Waals surface area contributed by atoms with Crippen LogP contribution in [0.4, 0.5) is 4.39 Å². The molecule has 0 atom stereocenters. The summed E-state index contributed by atoms with van der Waals surface area (Å²) in [6, 6.07) is 5.39. The van der Waals surface area contributed by atoms with Gasteiger partial charge in [0.25, 0.3) is 0 Å². The minimum Gasteiger partial charge on any atom is -0.207 e. The van der Waals surface area contributed by atoms with Crippen molar-refractivity contribution < 1.29 is 4.39 Å². The van der Waals surface area contributed by atoms with Gasteiger partial charge in [-0.15, -0.1) is 0 Å². The van der Waals surface area contributed by atoms with Crippen LogP contribution in [0.1, 0.15) is 45.2 Å². The quantitative estimate of drug-likeness (QED) is 0.665. The van der Waals surface area contributed by atoms with Crippen LogP contribution in [0, 0.1) is 5.82 Å². The molecule has 0 nitrogen and oxygen atoms in total. The topological polar surface area (TPSA) is 0 Å². The molecule has 1 heteroatoms. The van der Waals surface area contributed by atoms with Gasteiger partial charge >= 0.3 is 0 Å². The standard InChI is InChI=1S/C13H19F/c1-5-6-10-7-11(13(2,3)4)9-12(14)8-10/h7-9H,5-6H2,1-4H3. The van der Waals surface area contributed by atoms with E-state index < -0.39 is 0 Å². The van der Waals surface area contributed by atoms with Gasteiger partial charge in [0.05, 0.1) is 0 Å². The summed E-state index contributed by atoms with van der Waals surface area (Å²) < 4.78 is 13.3. The largest absolute Gasteiger partial charge is 0.207 e. The van der Waals surface area contributed by atoms with E-state index in [-0.39, 0.29) is 11.2 Å². The first kappa shape index (κ1) is 11.2. The van der Waals surface area contributed by atoms with Crippen molar-refractivity contribution in [2.24, 2.45) is 0 Å². The monoisotopic (exact) mass is 194 g/mol. The average molecular weight is 194 g/mol. The van der Waals surface area contributed by atoms with Gasteiger partial charge in [-0.25, -0.2) is 4.39 Å². The molecule has 0 unspecified atom stereocenters. The third-order valence-corrected chi connectivity index (χ3v) is 2.36. The van der Waals surface area contributed by atoms with E-state index in [0.29, 0.717) is 0 Å². The molecule has 1 aromatic rings. The number of hydrogen-bond acceptors (Lipinski definition) is 0. The average Bonchev–Trinajstić information content (AvgIpc) is 2.02. The smallest absolute Gasteiger partial charge is 0.123 e. The lowest BCUT2D eigenvalue weighted by atomic mass is 9.85. The van der Waals surface area contributed by atoms with E-state index in [4.69, 9.17) is 0 Å². The van der Waals surface area contributed by atoms with E-state index in [9.17, 15) is 4.39 Å². The molecule has 0 fully saturated rings. The molecule has 0 saturated carbocycles. The Balaban J connectivity index is 3.07. The van der Waals surface area contributed by atoms with Crippen LogP contribution in [-0.4, -0.2) is 0 Å². The summed E-state index contributed by atoms with van der Waals surface area (Å²) in [4.78, 5) is 0. The fraction of sp³-hybridized carbons (Fsp3) is 0.538. The summed E-state index contributed by atoms with van der Waals surface area (Å²) in [5.41, 5.74) is 2.23. The Bertz CT molecular complexity index is 308. The van der Waals surface area contributed by atoms with Gasteiger partial charge in [-0.3, -0.25) is 0 Å². The van der Waals surface area contributed by atoms with Gasteiger partial charge in [-0.2, -0.15) is 0 Å². The van der Waals surface area contributed by atoms with E-state index >= 15 is 0 Å². The Kier molecular flexibility index (Phi) is 3.30. The highest BCUT2D eigenvalue weighted by Gasteiger charge is 2.15. The lowest BCUT2D eigenvalue weighted by Crippen LogP contribution is -2.11. The van der Waals surface area contributed by atoms with E-state index in [1.807, 2.05) is 0 Å². The third kappa shape index (κ3) is 2.83. The normalized spacial score (nSPS) is 11.8. The summed E-state index contributed by atoms with van der Waals surface area (Å²) in [7, 11) is 0. The van der Waals surface area contributed by atoms with Gasteiger partial charge in [0.1, 0.15) is 5.82 Å². The van der Waals surface area contributed by atoms with E-state index in [1.54, 1.807) is 12.1 Å². The molecule has 0 radical (unpaired) electrons. The minimum absolute atomic E-state index is 0.0323. The number of halogens is 1. The zero-order valence-corrected chi connectivity index (χ0v) is 9.52. The molecule has 0 bridgehead atoms. The number of aryl methyl sites for hydroxylation is 1. The second kappa shape index (κ2) is 4.12. The Hall–Kier alpha value is -0.850. The Morgan fingerprint density at radius 1 is 1.14 bits per heavy atom. The minimum atomic E-state index is -0.110.